The van der Waals surface area contributed by atoms with Gasteiger partial charge in [-0.3, -0.25) is 9.59 Å². The summed E-state index contributed by atoms with van der Waals surface area (Å²) in [4.78, 5) is 24.4. The predicted octanol–water partition coefficient (Wildman–Crippen LogP) is 3.10. The van der Waals surface area contributed by atoms with Crippen LogP contribution in [0.15, 0.2) is 59.1 Å². The molecule has 0 aliphatic rings. The van der Waals surface area contributed by atoms with Crippen molar-refractivity contribution in [1.29, 1.82) is 0 Å². The molecule has 0 bridgehead atoms. The number of hydrogen-bond acceptors (Lipinski definition) is 2. The summed E-state index contributed by atoms with van der Waals surface area (Å²) in [6.45, 7) is 0.723. The zero-order valence-electron chi connectivity index (χ0n) is 13.8. The number of carbonyl (C=O) groups excluding carboxylic acids is 2. The molecule has 0 aliphatic heterocycles. The highest BCUT2D eigenvalue weighted by Gasteiger charge is 2.12. The first-order chi connectivity index (χ1) is 12.1. The monoisotopic (exact) mass is 399 g/mol. The zero-order chi connectivity index (χ0) is 17.8. The third-order valence-electron chi connectivity index (χ3n) is 3.97. The molecule has 3 aromatic rings. The highest BCUT2D eigenvalue weighted by Crippen LogP contribution is 2.18. The number of aromatic nitrogens is 1. The van der Waals surface area contributed by atoms with Gasteiger partial charge in [-0.05, 0) is 30.3 Å². The highest BCUT2D eigenvalue weighted by molar-refractivity contribution is 9.10. The number of nitrogens with one attached hydrogen (secondary N) is 2. The van der Waals surface area contributed by atoms with Gasteiger partial charge in [0.2, 0.25) is 0 Å². The number of hydrogen-bond donors (Lipinski definition) is 2. The number of aryl methyl sites for hydroxylation is 1. The van der Waals surface area contributed by atoms with Crippen molar-refractivity contribution in [2.24, 2.45) is 7.05 Å². The molecule has 0 spiro atoms. The van der Waals surface area contributed by atoms with Gasteiger partial charge in [0.05, 0.1) is 0 Å². The summed E-state index contributed by atoms with van der Waals surface area (Å²) in [5.41, 5.74) is 2.18. The average molecular weight is 400 g/mol. The number of carbonyl (C=O) groups is 2. The normalized spacial score (nSPS) is 10.6. The quantitative estimate of drug-likeness (QED) is 0.647. The Hall–Kier alpha value is -2.60. The second-order valence-electron chi connectivity index (χ2n) is 5.67. The fraction of sp³-hybridized carbons (Fsp3) is 0.158. The molecule has 1 aromatic heterocycles. The van der Waals surface area contributed by atoms with E-state index in [1.54, 1.807) is 18.2 Å². The summed E-state index contributed by atoms with van der Waals surface area (Å²) in [7, 11) is 1.87. The van der Waals surface area contributed by atoms with Crippen molar-refractivity contribution in [2.75, 3.05) is 13.1 Å². The van der Waals surface area contributed by atoms with Crippen LogP contribution in [0.25, 0.3) is 10.9 Å². The van der Waals surface area contributed by atoms with E-state index in [0.29, 0.717) is 24.3 Å². The van der Waals surface area contributed by atoms with E-state index >= 15 is 0 Å². The molecular weight excluding hydrogens is 382 g/mol. The molecular formula is C19H18BrN3O2. The minimum absolute atomic E-state index is 0.157. The van der Waals surface area contributed by atoms with Crippen molar-refractivity contribution in [3.63, 3.8) is 0 Å². The lowest BCUT2D eigenvalue weighted by molar-refractivity contribution is 0.0923. The molecule has 2 N–H and O–H groups in total. The van der Waals surface area contributed by atoms with Gasteiger partial charge in [-0.25, -0.2) is 0 Å². The summed E-state index contributed by atoms with van der Waals surface area (Å²) in [5.74, 6) is -0.324. The number of amides is 2. The molecule has 0 unspecified atom stereocenters. The van der Waals surface area contributed by atoms with Gasteiger partial charge in [-0.1, -0.05) is 40.2 Å². The van der Waals surface area contributed by atoms with Gasteiger partial charge in [-0.15, -0.1) is 0 Å². The van der Waals surface area contributed by atoms with E-state index in [4.69, 9.17) is 0 Å². The van der Waals surface area contributed by atoms with E-state index in [9.17, 15) is 9.59 Å². The largest absolute Gasteiger partial charge is 0.350 e. The Balaban J connectivity index is 1.54. The Kier molecular flexibility index (Phi) is 5.19. The second-order valence-corrected chi connectivity index (χ2v) is 6.59. The summed E-state index contributed by atoms with van der Waals surface area (Å²) in [6, 6.07) is 16.9. The lowest BCUT2D eigenvalue weighted by Crippen LogP contribution is -2.35. The third kappa shape index (κ3) is 3.91. The number of fused-ring (bicyclic) bond motifs is 1. The minimum Gasteiger partial charge on any atom is -0.350 e. The van der Waals surface area contributed by atoms with Crippen LogP contribution in [-0.4, -0.2) is 29.5 Å². The van der Waals surface area contributed by atoms with Gasteiger partial charge in [0.1, 0.15) is 5.69 Å². The molecule has 0 fully saturated rings. The fourth-order valence-corrected chi connectivity index (χ4v) is 3.08. The van der Waals surface area contributed by atoms with E-state index in [2.05, 4.69) is 26.6 Å². The molecule has 0 aliphatic carbocycles. The van der Waals surface area contributed by atoms with Crippen LogP contribution in [0, 0.1) is 0 Å². The van der Waals surface area contributed by atoms with Crippen molar-refractivity contribution in [1.82, 2.24) is 15.2 Å². The van der Waals surface area contributed by atoms with Crippen molar-refractivity contribution in [3.05, 3.63) is 70.3 Å². The maximum absolute atomic E-state index is 12.3. The molecule has 2 amide bonds. The Bertz CT molecular complexity index is 933. The standard InChI is InChI=1S/C19H18BrN3O2/c1-23-16-8-3-2-5-13(16)12-17(23)19(25)22-10-9-21-18(24)14-6-4-7-15(20)11-14/h2-8,11-12H,9-10H2,1H3,(H,21,24)(H,22,25). The van der Waals surface area contributed by atoms with Crippen LogP contribution in [0.2, 0.25) is 0 Å². The van der Waals surface area contributed by atoms with E-state index in [1.165, 1.54) is 0 Å². The van der Waals surface area contributed by atoms with E-state index in [-0.39, 0.29) is 11.8 Å². The lowest BCUT2D eigenvalue weighted by atomic mass is 10.2. The van der Waals surface area contributed by atoms with Gasteiger partial charge in [-0.2, -0.15) is 0 Å². The predicted molar refractivity (Wildman–Crippen MR) is 102 cm³/mol. The van der Waals surface area contributed by atoms with Crippen molar-refractivity contribution in [2.45, 2.75) is 0 Å². The van der Waals surface area contributed by atoms with Crippen LogP contribution in [-0.2, 0) is 7.05 Å². The number of rotatable bonds is 5. The van der Waals surface area contributed by atoms with Gasteiger partial charge in [0.25, 0.3) is 11.8 Å². The number of para-hydroxylation sites is 1. The summed E-state index contributed by atoms with van der Waals surface area (Å²) >= 11 is 3.34. The van der Waals surface area contributed by atoms with Crippen molar-refractivity contribution in [3.8, 4) is 0 Å². The fourth-order valence-electron chi connectivity index (χ4n) is 2.68. The van der Waals surface area contributed by atoms with Crippen LogP contribution < -0.4 is 10.6 Å². The molecule has 5 nitrogen and oxygen atoms in total. The van der Waals surface area contributed by atoms with E-state index < -0.39 is 0 Å². The van der Waals surface area contributed by atoms with Crippen LogP contribution >= 0.6 is 15.9 Å². The molecule has 0 atom stereocenters. The molecule has 3 rings (SSSR count). The molecule has 0 saturated heterocycles. The molecule has 0 radical (unpaired) electrons. The van der Waals surface area contributed by atoms with Crippen molar-refractivity contribution >= 4 is 38.6 Å². The zero-order valence-corrected chi connectivity index (χ0v) is 15.3. The van der Waals surface area contributed by atoms with Gasteiger partial charge < -0.3 is 15.2 Å². The first-order valence-electron chi connectivity index (χ1n) is 7.92. The maximum Gasteiger partial charge on any atom is 0.267 e. The Morgan fingerprint density at radius 3 is 2.40 bits per heavy atom. The summed E-state index contributed by atoms with van der Waals surface area (Å²) in [6.07, 6.45) is 0. The van der Waals surface area contributed by atoms with Crippen LogP contribution in [0.3, 0.4) is 0 Å². The molecule has 2 aromatic carbocycles. The smallest absolute Gasteiger partial charge is 0.267 e. The SMILES string of the molecule is Cn1c(C(=O)NCCNC(=O)c2cccc(Br)c2)cc2ccccc21. The molecule has 1 heterocycles. The third-order valence-corrected chi connectivity index (χ3v) is 4.46. The molecule has 0 saturated carbocycles. The first kappa shape index (κ1) is 17.2. The lowest BCUT2D eigenvalue weighted by Gasteiger charge is -2.08. The van der Waals surface area contributed by atoms with Crippen LogP contribution in [0.5, 0.6) is 0 Å². The second kappa shape index (κ2) is 7.53. The van der Waals surface area contributed by atoms with Gasteiger partial charge >= 0.3 is 0 Å². The van der Waals surface area contributed by atoms with Gasteiger partial charge in [0, 0.05) is 41.1 Å². The molecule has 25 heavy (non-hydrogen) atoms. The Morgan fingerprint density at radius 1 is 0.960 bits per heavy atom. The number of halogens is 1. The van der Waals surface area contributed by atoms with Gasteiger partial charge in [0.15, 0.2) is 0 Å². The Labute approximate surface area is 154 Å². The van der Waals surface area contributed by atoms with Crippen LogP contribution in [0.1, 0.15) is 20.8 Å². The Morgan fingerprint density at radius 2 is 1.68 bits per heavy atom. The minimum atomic E-state index is -0.167. The maximum atomic E-state index is 12.3. The summed E-state index contributed by atoms with van der Waals surface area (Å²) < 4.78 is 2.72. The molecule has 128 valence electrons. The number of benzene rings is 2. The van der Waals surface area contributed by atoms with E-state index in [0.717, 1.165) is 15.4 Å². The average Bonchev–Trinajstić information content (AvgIpc) is 2.95. The van der Waals surface area contributed by atoms with Crippen molar-refractivity contribution < 1.29 is 9.59 Å². The first-order valence-corrected chi connectivity index (χ1v) is 8.72. The van der Waals surface area contributed by atoms with Crippen LogP contribution in [0.4, 0.5) is 0 Å². The highest BCUT2D eigenvalue weighted by atomic mass is 79.9. The number of nitrogens with zero attached hydrogens (tertiary/aromatic N) is 1. The summed E-state index contributed by atoms with van der Waals surface area (Å²) in [5, 5.41) is 6.65. The van der Waals surface area contributed by atoms with E-state index in [1.807, 2.05) is 48.0 Å². The molecule has 6 heteroatoms. The topological polar surface area (TPSA) is 63.1 Å².